The predicted molar refractivity (Wildman–Crippen MR) is 152 cm³/mol. The summed E-state index contributed by atoms with van der Waals surface area (Å²) in [5.41, 5.74) is 10.3. The lowest BCUT2D eigenvalue weighted by Crippen LogP contribution is -2.68. The summed E-state index contributed by atoms with van der Waals surface area (Å²) in [7, 11) is -4.93. The minimum atomic E-state index is -4.93. The third-order valence-electron chi connectivity index (χ3n) is 6.53. The number of ether oxygens (including phenoxy) is 1. The maximum absolute atomic E-state index is 13.2. The van der Waals surface area contributed by atoms with Crippen molar-refractivity contribution in [1.29, 1.82) is 5.41 Å². The molecule has 1 aliphatic rings. The summed E-state index contributed by atoms with van der Waals surface area (Å²) in [6.45, 7) is 4.12. The smallest absolute Gasteiger partial charge is 0.418 e. The predicted octanol–water partition coefficient (Wildman–Crippen LogP) is 0.271. The number of rotatable bonds is 15. The van der Waals surface area contributed by atoms with Gasteiger partial charge >= 0.3 is 10.4 Å². The van der Waals surface area contributed by atoms with Gasteiger partial charge in [-0.05, 0) is 38.9 Å². The number of carbonyl (C=O) groups is 2. The van der Waals surface area contributed by atoms with E-state index in [0.717, 1.165) is 17.8 Å². The van der Waals surface area contributed by atoms with Crippen molar-refractivity contribution in [1.82, 2.24) is 24.2 Å². The molecule has 1 saturated heterocycles. The van der Waals surface area contributed by atoms with Gasteiger partial charge in [-0.3, -0.25) is 24.1 Å². The molecule has 1 aliphatic heterocycles. The first-order valence-electron chi connectivity index (χ1n) is 12.9. The Kier molecular flexibility index (Phi) is 9.60. The van der Waals surface area contributed by atoms with Crippen LogP contribution >= 0.6 is 11.3 Å². The molecular weight excluding hydrogens is 606 g/mol. The van der Waals surface area contributed by atoms with Crippen LogP contribution in [0.5, 0.6) is 5.75 Å². The number of thiazole rings is 1. The zero-order valence-corrected chi connectivity index (χ0v) is 24.9. The van der Waals surface area contributed by atoms with Crippen molar-refractivity contribution in [3.63, 3.8) is 0 Å². The second-order valence-electron chi connectivity index (χ2n) is 9.84. The van der Waals surface area contributed by atoms with Crippen LogP contribution in [0.25, 0.3) is 5.82 Å². The molecule has 1 fully saturated rings. The number of ketones is 1. The van der Waals surface area contributed by atoms with Crippen molar-refractivity contribution in [2.75, 3.05) is 25.5 Å². The van der Waals surface area contributed by atoms with Gasteiger partial charge < -0.3 is 25.6 Å². The van der Waals surface area contributed by atoms with Crippen LogP contribution in [0.2, 0.25) is 0 Å². The van der Waals surface area contributed by atoms with Crippen molar-refractivity contribution >= 4 is 44.3 Å². The zero-order valence-electron chi connectivity index (χ0n) is 23.2. The molecule has 3 aromatic rings. The molecule has 0 aliphatic carbocycles. The minimum Gasteiger partial charge on any atom is -0.488 e. The number of hydroxylamine groups is 2. The quantitative estimate of drug-likeness (QED) is 0.0577. The van der Waals surface area contributed by atoms with Crippen LogP contribution in [0, 0.1) is 11.3 Å². The molecule has 0 bridgehead atoms. The number of hydrogen-bond donors (Lipinski definition) is 4. The standard InChI is InChI=1S/C24H31N9O8S2/c1-24(2)16(21(35)33(24)41-43(36,37)38)12-18(34)20(17-14-42-22(26)29-17)30-40-11-10-39-15-4-5-19(28-13-15)32-9-8-31(23(32)27)7-3-6-25/h4-5,8-9,13-14,16,27H,3,6-7,10-12,25H2,1-2H3,(H2,26,29)(H,36,37,38)/b27-23?,30-20-/t16-/m1/s1. The Labute approximate surface area is 250 Å². The summed E-state index contributed by atoms with van der Waals surface area (Å²) in [5, 5.41) is 14.4. The number of oxime groups is 1. The van der Waals surface area contributed by atoms with E-state index in [2.05, 4.69) is 19.4 Å². The monoisotopic (exact) mass is 637 g/mol. The van der Waals surface area contributed by atoms with Crippen molar-refractivity contribution in [3.05, 3.63) is 47.4 Å². The molecule has 3 aromatic heterocycles. The largest absolute Gasteiger partial charge is 0.488 e. The molecule has 4 heterocycles. The van der Waals surface area contributed by atoms with Crippen LogP contribution in [0.4, 0.5) is 5.13 Å². The van der Waals surface area contributed by atoms with Crippen molar-refractivity contribution in [2.24, 2.45) is 16.8 Å². The van der Waals surface area contributed by atoms with E-state index < -0.39 is 33.5 Å². The second-order valence-corrected chi connectivity index (χ2v) is 11.7. The van der Waals surface area contributed by atoms with Gasteiger partial charge in [-0.25, -0.2) is 9.97 Å². The van der Waals surface area contributed by atoms with Crippen LogP contribution in [0.15, 0.2) is 41.3 Å². The molecule has 0 spiro atoms. The number of nitrogen functional groups attached to an aromatic ring is 1. The first kappa shape index (κ1) is 31.8. The highest BCUT2D eigenvalue weighted by Crippen LogP contribution is 2.40. The molecule has 0 saturated carbocycles. The molecule has 0 unspecified atom stereocenters. The molecule has 43 heavy (non-hydrogen) atoms. The highest BCUT2D eigenvalue weighted by atomic mass is 32.3. The Balaban J connectivity index is 1.35. The molecule has 232 valence electrons. The lowest BCUT2D eigenvalue weighted by molar-refractivity contribution is -0.228. The number of amides is 1. The molecule has 0 radical (unpaired) electrons. The molecule has 1 amide bonds. The molecule has 1 atom stereocenters. The summed E-state index contributed by atoms with van der Waals surface area (Å²) >= 11 is 1.08. The number of hydrogen-bond acceptors (Lipinski definition) is 14. The summed E-state index contributed by atoms with van der Waals surface area (Å²) < 4.78 is 44.4. The van der Waals surface area contributed by atoms with Crippen molar-refractivity contribution in [3.8, 4) is 11.6 Å². The lowest BCUT2D eigenvalue weighted by Gasteiger charge is -2.50. The van der Waals surface area contributed by atoms with Crippen LogP contribution in [-0.2, 0) is 35.7 Å². The van der Waals surface area contributed by atoms with Gasteiger partial charge in [0.2, 0.25) is 5.62 Å². The fraction of sp³-hybridized carbons (Fsp3) is 0.417. The molecule has 6 N–H and O–H groups in total. The fourth-order valence-electron chi connectivity index (χ4n) is 4.25. The van der Waals surface area contributed by atoms with Gasteiger partial charge in [0.05, 0.1) is 17.7 Å². The lowest BCUT2D eigenvalue weighted by atomic mass is 9.74. The van der Waals surface area contributed by atoms with Crippen molar-refractivity contribution < 1.29 is 36.4 Å². The Morgan fingerprint density at radius 1 is 1.28 bits per heavy atom. The van der Waals surface area contributed by atoms with Gasteiger partial charge in [0.25, 0.3) is 5.91 Å². The van der Waals surface area contributed by atoms with Gasteiger partial charge in [-0.1, -0.05) is 5.16 Å². The first-order chi connectivity index (χ1) is 20.3. The number of carbonyl (C=O) groups excluding carboxylic acids is 2. The van der Waals surface area contributed by atoms with Crippen LogP contribution in [-0.4, -0.2) is 79.8 Å². The van der Waals surface area contributed by atoms with E-state index in [1.165, 1.54) is 25.4 Å². The number of nitrogens with two attached hydrogens (primary N) is 2. The Morgan fingerprint density at radius 3 is 2.65 bits per heavy atom. The van der Waals surface area contributed by atoms with E-state index in [4.69, 9.17) is 31.0 Å². The number of aromatic nitrogens is 4. The number of anilines is 1. The topological polar surface area (TPSA) is 243 Å². The van der Waals surface area contributed by atoms with Gasteiger partial charge in [-0.2, -0.15) is 13.5 Å². The number of nitrogens with one attached hydrogen (secondary N) is 1. The minimum absolute atomic E-state index is 0.0492. The van der Waals surface area contributed by atoms with E-state index in [-0.39, 0.29) is 41.8 Å². The Morgan fingerprint density at radius 2 is 2.05 bits per heavy atom. The van der Waals surface area contributed by atoms with E-state index in [9.17, 15) is 18.0 Å². The van der Waals surface area contributed by atoms with Gasteiger partial charge in [0.1, 0.15) is 23.9 Å². The zero-order chi connectivity index (χ0) is 31.4. The summed E-state index contributed by atoms with van der Waals surface area (Å²) in [6, 6.07) is 3.39. The molecule has 4 rings (SSSR count). The van der Waals surface area contributed by atoms with Crippen molar-refractivity contribution in [2.45, 2.75) is 38.8 Å². The average molecular weight is 638 g/mol. The third kappa shape index (κ3) is 7.43. The van der Waals surface area contributed by atoms with Gasteiger partial charge in [0.15, 0.2) is 23.2 Å². The van der Waals surface area contributed by atoms with Gasteiger partial charge in [0, 0.05) is 30.7 Å². The van der Waals surface area contributed by atoms with E-state index in [1.54, 1.807) is 33.7 Å². The maximum atomic E-state index is 13.2. The fourth-order valence-corrected chi connectivity index (χ4v) is 5.25. The Bertz CT molecular complexity index is 1660. The van der Waals surface area contributed by atoms with Crippen LogP contribution in [0.3, 0.4) is 0 Å². The van der Waals surface area contributed by atoms with E-state index >= 15 is 0 Å². The summed E-state index contributed by atoms with van der Waals surface area (Å²) in [5.74, 6) is -1.39. The van der Waals surface area contributed by atoms with E-state index in [0.29, 0.717) is 29.7 Å². The molecule has 17 nitrogen and oxygen atoms in total. The summed E-state index contributed by atoms with van der Waals surface area (Å²) in [4.78, 5) is 39.4. The average Bonchev–Trinajstić information content (AvgIpc) is 3.55. The normalized spacial score (nSPS) is 16.7. The maximum Gasteiger partial charge on any atom is 0.418 e. The highest BCUT2D eigenvalue weighted by Gasteiger charge is 2.57. The Hall–Kier alpha value is -4.17. The van der Waals surface area contributed by atoms with Crippen LogP contribution < -0.4 is 21.8 Å². The first-order valence-corrected chi connectivity index (χ1v) is 15.1. The van der Waals surface area contributed by atoms with Crippen LogP contribution in [0.1, 0.15) is 32.4 Å². The highest BCUT2D eigenvalue weighted by molar-refractivity contribution is 7.80. The van der Waals surface area contributed by atoms with E-state index in [1.807, 2.05) is 0 Å². The number of nitrogens with zero attached hydrogens (tertiary/aromatic N) is 6. The molecule has 19 heteroatoms. The second kappa shape index (κ2) is 13.0. The number of Topliss-reactive ketones (excluding diaryl/α,β-unsaturated/α-hetero) is 1. The number of pyridine rings is 1. The molecular formula is C24H31N9O8S2. The molecule has 0 aromatic carbocycles. The third-order valence-corrected chi connectivity index (χ3v) is 7.54. The van der Waals surface area contributed by atoms with Gasteiger partial charge in [-0.15, -0.1) is 15.6 Å². The number of aryl methyl sites for hydroxylation is 1. The number of imidazole rings is 1. The SMILES string of the molecule is CC1(C)[C@H](CC(=O)/C(=N\OCCOc2ccc(-n3ccn(CCCN)c3=N)nc2)c2csc(N)n2)C(=O)N1OS(=O)(=O)O. The summed E-state index contributed by atoms with van der Waals surface area (Å²) in [6.07, 6.45) is 5.43. The number of β-lactam (4-membered cyclic amide) rings is 1.